The highest BCUT2D eigenvalue weighted by atomic mass is 16.6. The number of aryl methyl sites for hydroxylation is 1. The number of nitro groups is 1. The molecule has 148 valence electrons. The summed E-state index contributed by atoms with van der Waals surface area (Å²) in [4.78, 5) is 49.5. The van der Waals surface area contributed by atoms with Crippen LogP contribution in [0, 0.1) is 17.0 Å². The number of benzene rings is 2. The minimum absolute atomic E-state index is 0.126. The molecular formula is C20H18N4O5. The number of rotatable bonds is 4. The molecule has 2 N–H and O–H groups in total. The molecule has 0 saturated carbocycles. The number of carbonyl (C=O) groups is 3. The molecule has 2 aromatic rings. The van der Waals surface area contributed by atoms with Crippen molar-refractivity contribution in [1.82, 2.24) is 10.2 Å². The highest BCUT2D eigenvalue weighted by Gasteiger charge is 2.55. The number of hydrogen-bond donors (Lipinski definition) is 2. The van der Waals surface area contributed by atoms with E-state index in [1.165, 1.54) is 25.1 Å². The largest absolute Gasteiger partial charge is 0.325 e. The van der Waals surface area contributed by atoms with E-state index in [2.05, 4.69) is 10.6 Å². The van der Waals surface area contributed by atoms with Gasteiger partial charge >= 0.3 is 6.03 Å². The second-order valence-corrected chi connectivity index (χ2v) is 7.14. The van der Waals surface area contributed by atoms with Crippen molar-refractivity contribution in [1.29, 1.82) is 0 Å². The SMILES string of the molecule is Cc1c(NC(=O)CN2C(=O)N[C@]3(CCc4ccccc43)C2=O)cccc1[N+](=O)[O-]. The molecule has 2 aliphatic rings. The lowest BCUT2D eigenvalue weighted by atomic mass is 9.92. The molecule has 9 heteroatoms. The van der Waals surface area contributed by atoms with Crippen LogP contribution in [0.2, 0.25) is 0 Å². The van der Waals surface area contributed by atoms with Gasteiger partial charge in [0.05, 0.1) is 16.2 Å². The molecule has 4 rings (SSSR count). The second-order valence-electron chi connectivity index (χ2n) is 7.14. The van der Waals surface area contributed by atoms with Gasteiger partial charge in [-0.25, -0.2) is 4.79 Å². The van der Waals surface area contributed by atoms with E-state index in [0.717, 1.165) is 16.0 Å². The van der Waals surface area contributed by atoms with Gasteiger partial charge in [-0.05, 0) is 37.0 Å². The van der Waals surface area contributed by atoms with E-state index in [1.54, 1.807) is 0 Å². The number of nitrogens with one attached hydrogen (secondary N) is 2. The summed E-state index contributed by atoms with van der Waals surface area (Å²) in [5.41, 5.74) is 1.06. The molecular weight excluding hydrogens is 376 g/mol. The van der Waals surface area contributed by atoms with Crippen molar-refractivity contribution in [3.63, 3.8) is 0 Å². The Morgan fingerprint density at radius 1 is 1.24 bits per heavy atom. The Morgan fingerprint density at radius 2 is 2.00 bits per heavy atom. The van der Waals surface area contributed by atoms with Crippen LogP contribution in [-0.4, -0.2) is 34.2 Å². The first-order chi connectivity index (χ1) is 13.8. The fourth-order valence-corrected chi connectivity index (χ4v) is 4.02. The summed E-state index contributed by atoms with van der Waals surface area (Å²) in [6, 6.07) is 11.1. The van der Waals surface area contributed by atoms with Gasteiger partial charge in [-0.3, -0.25) is 24.6 Å². The average Bonchev–Trinajstić information content (AvgIpc) is 3.17. The van der Waals surface area contributed by atoms with Crippen molar-refractivity contribution in [2.45, 2.75) is 25.3 Å². The predicted molar refractivity (Wildman–Crippen MR) is 103 cm³/mol. The summed E-state index contributed by atoms with van der Waals surface area (Å²) in [5.74, 6) is -1.07. The zero-order valence-electron chi connectivity index (χ0n) is 15.6. The quantitative estimate of drug-likeness (QED) is 0.468. The van der Waals surface area contributed by atoms with Crippen molar-refractivity contribution >= 4 is 29.2 Å². The lowest BCUT2D eigenvalue weighted by Crippen LogP contribution is -2.43. The fourth-order valence-electron chi connectivity index (χ4n) is 4.02. The molecule has 0 aromatic heterocycles. The van der Waals surface area contributed by atoms with Crippen LogP contribution >= 0.6 is 0 Å². The van der Waals surface area contributed by atoms with Crippen LogP contribution in [-0.2, 0) is 21.5 Å². The Bertz CT molecular complexity index is 1070. The van der Waals surface area contributed by atoms with Gasteiger partial charge < -0.3 is 10.6 Å². The van der Waals surface area contributed by atoms with Gasteiger partial charge in [0.25, 0.3) is 11.6 Å². The van der Waals surface area contributed by atoms with E-state index in [0.29, 0.717) is 18.4 Å². The van der Waals surface area contributed by atoms with Gasteiger partial charge in [0.15, 0.2) is 0 Å². The van der Waals surface area contributed by atoms with E-state index < -0.39 is 34.9 Å². The number of urea groups is 1. The van der Waals surface area contributed by atoms with Gasteiger partial charge in [-0.15, -0.1) is 0 Å². The van der Waals surface area contributed by atoms with Crippen molar-refractivity contribution in [2.75, 3.05) is 11.9 Å². The molecule has 1 aliphatic heterocycles. The monoisotopic (exact) mass is 394 g/mol. The number of imide groups is 1. The van der Waals surface area contributed by atoms with Crippen LogP contribution in [0.3, 0.4) is 0 Å². The van der Waals surface area contributed by atoms with Crippen molar-refractivity contribution in [3.8, 4) is 0 Å². The van der Waals surface area contributed by atoms with Crippen LogP contribution in [0.15, 0.2) is 42.5 Å². The number of anilines is 1. The third-order valence-corrected chi connectivity index (χ3v) is 5.50. The third-order valence-electron chi connectivity index (χ3n) is 5.50. The Kier molecular flexibility index (Phi) is 4.30. The number of nitro benzene ring substituents is 1. The molecule has 0 bridgehead atoms. The van der Waals surface area contributed by atoms with Gasteiger partial charge in [0.2, 0.25) is 5.91 Å². The van der Waals surface area contributed by atoms with Gasteiger partial charge in [0, 0.05) is 6.07 Å². The van der Waals surface area contributed by atoms with Crippen LogP contribution in [0.25, 0.3) is 0 Å². The molecule has 4 amide bonds. The van der Waals surface area contributed by atoms with E-state index in [9.17, 15) is 24.5 Å². The summed E-state index contributed by atoms with van der Waals surface area (Å²) in [6.45, 7) is 1.04. The first-order valence-electron chi connectivity index (χ1n) is 9.10. The van der Waals surface area contributed by atoms with Crippen LogP contribution < -0.4 is 10.6 Å². The number of fused-ring (bicyclic) bond motifs is 2. The summed E-state index contributed by atoms with van der Waals surface area (Å²) in [5, 5.41) is 16.4. The topological polar surface area (TPSA) is 122 Å². The van der Waals surface area contributed by atoms with Gasteiger partial charge in [-0.1, -0.05) is 30.3 Å². The van der Waals surface area contributed by atoms with Gasteiger partial charge in [-0.2, -0.15) is 0 Å². The molecule has 29 heavy (non-hydrogen) atoms. The van der Waals surface area contributed by atoms with E-state index in [1.807, 2.05) is 24.3 Å². The smallest absolute Gasteiger partial charge is 0.324 e. The predicted octanol–water partition coefficient (Wildman–Crippen LogP) is 2.24. The van der Waals surface area contributed by atoms with Crippen LogP contribution in [0.1, 0.15) is 23.1 Å². The third kappa shape index (κ3) is 2.91. The maximum atomic E-state index is 13.1. The molecule has 0 unspecified atom stereocenters. The summed E-state index contributed by atoms with van der Waals surface area (Å²) in [6.07, 6.45) is 1.11. The average molecular weight is 394 g/mol. The zero-order valence-corrected chi connectivity index (χ0v) is 15.6. The molecule has 1 aliphatic carbocycles. The van der Waals surface area contributed by atoms with E-state index >= 15 is 0 Å². The Morgan fingerprint density at radius 3 is 2.76 bits per heavy atom. The fraction of sp³-hybridized carbons (Fsp3) is 0.250. The lowest BCUT2D eigenvalue weighted by molar-refractivity contribution is -0.385. The van der Waals surface area contributed by atoms with Crippen LogP contribution in [0.4, 0.5) is 16.2 Å². The first-order valence-corrected chi connectivity index (χ1v) is 9.10. The molecule has 0 radical (unpaired) electrons. The summed E-state index contributed by atoms with van der Waals surface area (Å²) >= 11 is 0. The van der Waals surface area contributed by atoms with E-state index in [4.69, 9.17) is 0 Å². The molecule has 9 nitrogen and oxygen atoms in total. The first kappa shape index (κ1) is 18.6. The standard InChI is InChI=1S/C20H18N4O5/c1-12-15(7-4-8-16(12)24(28)29)21-17(25)11-23-18(26)20(22-19(23)27)10-9-13-5-2-3-6-14(13)20/h2-8H,9-11H2,1H3,(H,21,25)(H,22,27)/t20-/m0/s1. The summed E-state index contributed by atoms with van der Waals surface area (Å²) < 4.78 is 0. The number of hydrogen-bond acceptors (Lipinski definition) is 5. The van der Waals surface area contributed by atoms with Crippen molar-refractivity contribution in [3.05, 3.63) is 69.3 Å². The Labute approximate surface area is 165 Å². The normalized spacial score (nSPS) is 20.0. The maximum absolute atomic E-state index is 13.1. The molecule has 1 spiro atoms. The van der Waals surface area contributed by atoms with Crippen molar-refractivity contribution < 1.29 is 19.3 Å². The lowest BCUT2D eigenvalue weighted by Gasteiger charge is -2.22. The van der Waals surface area contributed by atoms with Crippen molar-refractivity contribution in [2.24, 2.45) is 0 Å². The molecule has 2 aromatic carbocycles. The summed E-state index contributed by atoms with van der Waals surface area (Å²) in [7, 11) is 0. The minimum Gasteiger partial charge on any atom is -0.324 e. The second kappa shape index (κ2) is 6.69. The van der Waals surface area contributed by atoms with Gasteiger partial charge in [0.1, 0.15) is 12.1 Å². The maximum Gasteiger partial charge on any atom is 0.325 e. The zero-order chi connectivity index (χ0) is 20.8. The highest BCUT2D eigenvalue weighted by Crippen LogP contribution is 2.41. The van der Waals surface area contributed by atoms with Crippen LogP contribution in [0.5, 0.6) is 0 Å². The molecule has 1 heterocycles. The molecule has 1 saturated heterocycles. The highest BCUT2D eigenvalue weighted by molar-refractivity contribution is 6.11. The number of amides is 4. The minimum atomic E-state index is -1.13. The van der Waals surface area contributed by atoms with E-state index in [-0.39, 0.29) is 11.4 Å². The Balaban J connectivity index is 1.53. The molecule has 1 fully saturated rings. The number of nitrogens with zero attached hydrogens (tertiary/aromatic N) is 2. The Hall–Kier alpha value is -3.75. The number of carbonyl (C=O) groups excluding carboxylic acids is 3. The molecule has 1 atom stereocenters.